The minimum Gasteiger partial charge on any atom is -0.466 e. The molecule has 1 fully saturated rings. The van der Waals surface area contributed by atoms with E-state index in [-0.39, 0.29) is 17.3 Å². The number of hydrogen-bond acceptors (Lipinski definition) is 3. The molecule has 1 rings (SSSR count). The Morgan fingerprint density at radius 2 is 1.84 bits per heavy atom. The van der Waals surface area contributed by atoms with Gasteiger partial charge in [-0.1, -0.05) is 19.9 Å². The van der Waals surface area contributed by atoms with E-state index < -0.39 is 0 Å². The highest BCUT2D eigenvalue weighted by Gasteiger charge is 2.21. The molecule has 0 N–H and O–H groups in total. The number of nitrogens with zero attached hydrogens (tertiary/aromatic N) is 1. The molecule has 1 aliphatic heterocycles. The molecule has 0 bridgehead atoms. The second-order valence-electron chi connectivity index (χ2n) is 5.69. The lowest BCUT2D eigenvalue weighted by atomic mass is 9.89. The van der Waals surface area contributed by atoms with Crippen molar-refractivity contribution in [2.45, 2.75) is 46.5 Å². The molecule has 0 aromatic rings. The summed E-state index contributed by atoms with van der Waals surface area (Å²) >= 11 is 0. The zero-order valence-electron chi connectivity index (χ0n) is 12.3. The van der Waals surface area contributed by atoms with Crippen molar-refractivity contribution in [3.05, 3.63) is 12.2 Å². The molecule has 1 aliphatic rings. The summed E-state index contributed by atoms with van der Waals surface area (Å²) in [6.45, 7) is 7.75. The van der Waals surface area contributed by atoms with Crippen LogP contribution in [0.15, 0.2) is 12.2 Å². The number of carbonyl (C=O) groups is 2. The smallest absolute Gasteiger partial charge is 0.306 e. The van der Waals surface area contributed by atoms with Crippen molar-refractivity contribution in [2.75, 3.05) is 19.7 Å². The Morgan fingerprint density at radius 3 is 2.42 bits per heavy atom. The first-order chi connectivity index (χ1) is 8.94. The van der Waals surface area contributed by atoms with Gasteiger partial charge in [0.15, 0.2) is 0 Å². The largest absolute Gasteiger partial charge is 0.466 e. The normalized spacial score (nSPS) is 16.7. The molecule has 0 spiro atoms. The summed E-state index contributed by atoms with van der Waals surface area (Å²) in [7, 11) is 0. The van der Waals surface area contributed by atoms with Crippen LogP contribution in [0.1, 0.15) is 46.5 Å². The van der Waals surface area contributed by atoms with Crippen molar-refractivity contribution in [3.63, 3.8) is 0 Å². The van der Waals surface area contributed by atoms with Crippen molar-refractivity contribution in [1.82, 2.24) is 4.90 Å². The fraction of sp³-hybridized carbons (Fsp3) is 0.733. The molecule has 4 heteroatoms. The number of allylic oxidation sites excluding steroid dienone is 1. The standard InChI is InChI=1S/C15H25NO3/c1-4-19-14(18)12-15(2,3)9-8-13(17)16-10-6-5-7-11-16/h8-9H,4-7,10-12H2,1-3H3. The number of likely N-dealkylation sites (tertiary alicyclic amines) is 1. The first-order valence-electron chi connectivity index (χ1n) is 7.08. The van der Waals surface area contributed by atoms with Gasteiger partial charge in [-0.2, -0.15) is 0 Å². The van der Waals surface area contributed by atoms with E-state index in [4.69, 9.17) is 4.74 Å². The summed E-state index contributed by atoms with van der Waals surface area (Å²) in [4.78, 5) is 25.3. The van der Waals surface area contributed by atoms with Crippen LogP contribution < -0.4 is 0 Å². The molecule has 0 radical (unpaired) electrons. The van der Waals surface area contributed by atoms with Gasteiger partial charge in [0.1, 0.15) is 0 Å². The van der Waals surface area contributed by atoms with E-state index in [1.807, 2.05) is 24.8 Å². The van der Waals surface area contributed by atoms with Crippen LogP contribution in [0.25, 0.3) is 0 Å². The number of carbonyl (C=O) groups excluding carboxylic acids is 2. The average Bonchev–Trinajstić information content (AvgIpc) is 2.37. The van der Waals surface area contributed by atoms with Gasteiger partial charge in [-0.15, -0.1) is 0 Å². The van der Waals surface area contributed by atoms with E-state index in [0.29, 0.717) is 13.0 Å². The van der Waals surface area contributed by atoms with Gasteiger partial charge in [0.2, 0.25) is 5.91 Å². The molecule has 0 aliphatic carbocycles. The Labute approximate surface area is 115 Å². The van der Waals surface area contributed by atoms with E-state index in [9.17, 15) is 9.59 Å². The Kier molecular flexibility index (Phi) is 6.06. The summed E-state index contributed by atoms with van der Waals surface area (Å²) < 4.78 is 4.93. The van der Waals surface area contributed by atoms with E-state index in [1.54, 1.807) is 13.0 Å². The molecular formula is C15H25NO3. The van der Waals surface area contributed by atoms with E-state index in [0.717, 1.165) is 25.9 Å². The van der Waals surface area contributed by atoms with E-state index in [2.05, 4.69) is 0 Å². The van der Waals surface area contributed by atoms with Gasteiger partial charge in [-0.3, -0.25) is 9.59 Å². The third-order valence-corrected chi connectivity index (χ3v) is 3.25. The quantitative estimate of drug-likeness (QED) is 0.568. The molecule has 0 aromatic carbocycles. The number of hydrogen-bond donors (Lipinski definition) is 0. The molecule has 0 saturated carbocycles. The number of esters is 1. The summed E-state index contributed by atoms with van der Waals surface area (Å²) in [5.74, 6) is -0.167. The highest BCUT2D eigenvalue weighted by atomic mass is 16.5. The number of amides is 1. The molecular weight excluding hydrogens is 242 g/mol. The van der Waals surface area contributed by atoms with Crippen LogP contribution in [0.4, 0.5) is 0 Å². The van der Waals surface area contributed by atoms with Crippen LogP contribution >= 0.6 is 0 Å². The molecule has 4 nitrogen and oxygen atoms in total. The molecule has 0 aromatic heterocycles. The average molecular weight is 267 g/mol. The van der Waals surface area contributed by atoms with Crippen LogP contribution in [0.3, 0.4) is 0 Å². The number of piperidine rings is 1. The molecule has 1 heterocycles. The van der Waals surface area contributed by atoms with Crippen LogP contribution in [0, 0.1) is 5.41 Å². The maximum atomic E-state index is 12.0. The summed E-state index contributed by atoms with van der Waals surface area (Å²) in [6, 6.07) is 0. The van der Waals surface area contributed by atoms with Crippen molar-refractivity contribution < 1.29 is 14.3 Å². The minimum atomic E-state index is -0.350. The third kappa shape index (κ3) is 5.90. The SMILES string of the molecule is CCOC(=O)CC(C)(C)C=CC(=O)N1CCCCC1. The second-order valence-corrected chi connectivity index (χ2v) is 5.69. The summed E-state index contributed by atoms with van der Waals surface area (Å²) in [6.07, 6.45) is 7.11. The van der Waals surface area contributed by atoms with Gasteiger partial charge in [0.05, 0.1) is 13.0 Å². The second kappa shape index (κ2) is 7.31. The Bertz CT molecular complexity index is 341. The van der Waals surface area contributed by atoms with Crippen LogP contribution in [-0.2, 0) is 14.3 Å². The highest BCUT2D eigenvalue weighted by molar-refractivity contribution is 5.87. The summed E-state index contributed by atoms with van der Waals surface area (Å²) in [5.41, 5.74) is -0.350. The molecule has 1 saturated heterocycles. The van der Waals surface area contributed by atoms with Crippen LogP contribution in [0.5, 0.6) is 0 Å². The first-order valence-corrected chi connectivity index (χ1v) is 7.08. The van der Waals surface area contributed by atoms with Gasteiger partial charge in [-0.25, -0.2) is 0 Å². The minimum absolute atomic E-state index is 0.0524. The van der Waals surface area contributed by atoms with Crippen LogP contribution in [-0.4, -0.2) is 36.5 Å². The van der Waals surface area contributed by atoms with Crippen molar-refractivity contribution >= 4 is 11.9 Å². The topological polar surface area (TPSA) is 46.6 Å². The molecule has 19 heavy (non-hydrogen) atoms. The van der Waals surface area contributed by atoms with Gasteiger partial charge in [0, 0.05) is 13.1 Å². The summed E-state index contributed by atoms with van der Waals surface area (Å²) in [5, 5.41) is 0. The maximum Gasteiger partial charge on any atom is 0.306 e. The molecule has 0 unspecified atom stereocenters. The molecule has 0 atom stereocenters. The van der Waals surface area contributed by atoms with E-state index >= 15 is 0 Å². The lowest BCUT2D eigenvalue weighted by Crippen LogP contribution is -2.34. The molecule has 108 valence electrons. The Balaban J connectivity index is 2.48. The van der Waals surface area contributed by atoms with Gasteiger partial charge in [0.25, 0.3) is 0 Å². The monoisotopic (exact) mass is 267 g/mol. The zero-order valence-corrected chi connectivity index (χ0v) is 12.3. The predicted molar refractivity (Wildman–Crippen MR) is 74.6 cm³/mol. The highest BCUT2D eigenvalue weighted by Crippen LogP contribution is 2.23. The number of ether oxygens (including phenoxy) is 1. The fourth-order valence-corrected chi connectivity index (χ4v) is 2.16. The molecule has 1 amide bonds. The first kappa shape index (κ1) is 15.7. The van der Waals surface area contributed by atoms with Crippen molar-refractivity contribution in [1.29, 1.82) is 0 Å². The van der Waals surface area contributed by atoms with Crippen molar-refractivity contribution in [2.24, 2.45) is 5.41 Å². The predicted octanol–water partition coefficient (Wildman–Crippen LogP) is 2.53. The third-order valence-electron chi connectivity index (χ3n) is 3.25. The lowest BCUT2D eigenvalue weighted by Gasteiger charge is -2.26. The van der Waals surface area contributed by atoms with Crippen LogP contribution in [0.2, 0.25) is 0 Å². The lowest BCUT2D eigenvalue weighted by molar-refractivity contribution is -0.144. The van der Waals surface area contributed by atoms with Gasteiger partial charge >= 0.3 is 5.97 Å². The maximum absolute atomic E-state index is 12.0. The van der Waals surface area contributed by atoms with Crippen molar-refractivity contribution in [3.8, 4) is 0 Å². The number of rotatable bonds is 5. The fourth-order valence-electron chi connectivity index (χ4n) is 2.16. The Hall–Kier alpha value is -1.32. The van der Waals surface area contributed by atoms with Gasteiger partial charge < -0.3 is 9.64 Å². The Morgan fingerprint density at radius 1 is 1.21 bits per heavy atom. The van der Waals surface area contributed by atoms with Gasteiger partial charge in [-0.05, 0) is 37.7 Å². The zero-order chi connectivity index (χ0) is 14.3. The van der Waals surface area contributed by atoms with E-state index in [1.165, 1.54) is 6.42 Å².